The lowest BCUT2D eigenvalue weighted by atomic mass is 10.1. The molecule has 1 aromatic carbocycles. The Kier molecular flexibility index (Phi) is 7.80. The zero-order valence-corrected chi connectivity index (χ0v) is 16.3. The van der Waals surface area contributed by atoms with Crippen molar-refractivity contribution in [1.29, 1.82) is 5.26 Å². The van der Waals surface area contributed by atoms with E-state index in [2.05, 4.69) is 47.7 Å². The average molecular weight is 446 g/mol. The van der Waals surface area contributed by atoms with Gasteiger partial charge in [0, 0.05) is 54.6 Å². The number of nitrogens with two attached hydrogens (primary N) is 1. The van der Waals surface area contributed by atoms with Gasteiger partial charge in [-0.1, -0.05) is 15.9 Å². The van der Waals surface area contributed by atoms with Crippen molar-refractivity contribution in [2.24, 2.45) is 0 Å². The molecule has 0 aliphatic carbocycles. The highest BCUT2D eigenvalue weighted by atomic mass is 79.9. The van der Waals surface area contributed by atoms with Gasteiger partial charge in [0.25, 0.3) is 0 Å². The topological polar surface area (TPSA) is 65.5 Å². The Morgan fingerprint density at radius 1 is 1.26 bits per heavy atom. The molecular weight excluding hydrogens is 424 g/mol. The summed E-state index contributed by atoms with van der Waals surface area (Å²) in [5.74, 6) is 0. The van der Waals surface area contributed by atoms with E-state index in [0.717, 1.165) is 72.7 Å². The zero-order chi connectivity index (χ0) is 16.7. The van der Waals surface area contributed by atoms with E-state index in [1.807, 2.05) is 12.1 Å². The third-order valence-electron chi connectivity index (χ3n) is 3.95. The van der Waals surface area contributed by atoms with Crippen LogP contribution < -0.4 is 5.73 Å². The highest BCUT2D eigenvalue weighted by Gasteiger charge is 2.14. The first-order chi connectivity index (χ1) is 11.1. The third-order valence-corrected chi connectivity index (χ3v) is 5.06. The molecule has 1 fully saturated rings. The van der Waals surface area contributed by atoms with E-state index < -0.39 is 0 Å². The van der Waals surface area contributed by atoms with E-state index >= 15 is 0 Å². The molecule has 23 heavy (non-hydrogen) atoms. The molecule has 0 aromatic heterocycles. The van der Waals surface area contributed by atoms with Crippen molar-refractivity contribution >= 4 is 37.5 Å². The van der Waals surface area contributed by atoms with Crippen molar-refractivity contribution in [2.75, 3.05) is 51.7 Å². The van der Waals surface area contributed by atoms with Crippen LogP contribution in [0.25, 0.3) is 0 Å². The van der Waals surface area contributed by atoms with Crippen molar-refractivity contribution < 1.29 is 4.74 Å². The number of nitriles is 1. The van der Waals surface area contributed by atoms with E-state index in [9.17, 15) is 0 Å². The summed E-state index contributed by atoms with van der Waals surface area (Å²) < 4.78 is 7.28. The van der Waals surface area contributed by atoms with Gasteiger partial charge in [-0.3, -0.25) is 9.80 Å². The Labute approximate surface area is 154 Å². The number of rotatable bonds is 7. The molecule has 126 valence electrons. The predicted octanol–water partition coefficient (Wildman–Crippen LogP) is 2.84. The van der Waals surface area contributed by atoms with Crippen molar-refractivity contribution in [3.05, 3.63) is 26.6 Å². The summed E-state index contributed by atoms with van der Waals surface area (Å²) in [7, 11) is 0. The first kappa shape index (κ1) is 18.7. The lowest BCUT2D eigenvalue weighted by Crippen LogP contribution is -2.41. The molecule has 1 aliphatic rings. The van der Waals surface area contributed by atoms with E-state index in [-0.39, 0.29) is 0 Å². The Morgan fingerprint density at radius 2 is 2.00 bits per heavy atom. The summed E-state index contributed by atoms with van der Waals surface area (Å²) in [6.45, 7) is 7.00. The molecule has 0 unspecified atom stereocenters. The van der Waals surface area contributed by atoms with Gasteiger partial charge in [-0.15, -0.1) is 0 Å². The van der Waals surface area contributed by atoms with Crippen molar-refractivity contribution in [3.8, 4) is 6.07 Å². The van der Waals surface area contributed by atoms with Crippen LogP contribution in [0.2, 0.25) is 0 Å². The van der Waals surface area contributed by atoms with Gasteiger partial charge in [0.15, 0.2) is 0 Å². The van der Waals surface area contributed by atoms with Crippen LogP contribution in [-0.2, 0) is 11.3 Å². The first-order valence-corrected chi connectivity index (χ1v) is 9.31. The SMILES string of the molecule is N#CCCN(CCN1CCOCC1)Cc1cc(Br)cc(Br)c1N. The fourth-order valence-corrected chi connectivity index (χ4v) is 3.91. The normalized spacial score (nSPS) is 15.7. The summed E-state index contributed by atoms with van der Waals surface area (Å²) >= 11 is 7.01. The molecule has 0 radical (unpaired) electrons. The largest absolute Gasteiger partial charge is 0.398 e. The zero-order valence-electron chi connectivity index (χ0n) is 13.1. The van der Waals surface area contributed by atoms with Crippen LogP contribution in [0.3, 0.4) is 0 Å². The minimum atomic E-state index is 0.526. The van der Waals surface area contributed by atoms with Gasteiger partial charge in [-0.05, 0) is 33.6 Å². The molecule has 2 rings (SSSR count). The number of hydrogen-bond acceptors (Lipinski definition) is 5. The fourth-order valence-electron chi connectivity index (χ4n) is 2.60. The molecule has 1 saturated heterocycles. The quantitative estimate of drug-likeness (QED) is 0.653. The number of nitrogen functional groups attached to an aromatic ring is 1. The minimum absolute atomic E-state index is 0.526. The molecule has 1 aromatic rings. The lowest BCUT2D eigenvalue weighted by Gasteiger charge is -2.30. The standard InChI is InChI=1S/C16H22Br2N4O/c17-14-10-13(16(20)15(18)11-14)12-22(3-1-2-19)5-4-21-6-8-23-9-7-21/h10-11H,1,3-9,12,20H2. The predicted molar refractivity (Wildman–Crippen MR) is 99.0 cm³/mol. The number of anilines is 1. The van der Waals surface area contributed by atoms with Crippen molar-refractivity contribution in [2.45, 2.75) is 13.0 Å². The Hall–Kier alpha value is -0.650. The molecule has 0 atom stereocenters. The van der Waals surface area contributed by atoms with E-state index in [1.54, 1.807) is 0 Å². The maximum Gasteiger partial charge on any atom is 0.0635 e. The van der Waals surface area contributed by atoms with Crippen LogP contribution in [0.1, 0.15) is 12.0 Å². The third kappa shape index (κ3) is 6.05. The van der Waals surface area contributed by atoms with E-state index in [4.69, 9.17) is 15.7 Å². The van der Waals surface area contributed by atoms with Gasteiger partial charge in [0.2, 0.25) is 0 Å². The number of halogens is 2. The van der Waals surface area contributed by atoms with Gasteiger partial charge in [-0.25, -0.2) is 0 Å². The summed E-state index contributed by atoms with van der Waals surface area (Å²) in [4.78, 5) is 4.70. The summed E-state index contributed by atoms with van der Waals surface area (Å²) in [5.41, 5.74) is 8.02. The summed E-state index contributed by atoms with van der Waals surface area (Å²) in [5, 5.41) is 8.90. The van der Waals surface area contributed by atoms with E-state index in [0.29, 0.717) is 6.42 Å². The van der Waals surface area contributed by atoms with Crippen LogP contribution in [0.5, 0.6) is 0 Å². The van der Waals surface area contributed by atoms with Gasteiger partial charge in [0.05, 0.1) is 25.0 Å². The molecule has 0 saturated carbocycles. The Bertz CT molecular complexity index is 556. The number of nitrogens with zero attached hydrogens (tertiary/aromatic N) is 3. The first-order valence-electron chi connectivity index (χ1n) is 7.73. The van der Waals surface area contributed by atoms with Gasteiger partial charge >= 0.3 is 0 Å². The van der Waals surface area contributed by atoms with Crippen molar-refractivity contribution in [1.82, 2.24) is 9.80 Å². The molecule has 5 nitrogen and oxygen atoms in total. The smallest absolute Gasteiger partial charge is 0.0635 e. The molecule has 2 N–H and O–H groups in total. The van der Waals surface area contributed by atoms with Crippen LogP contribution in [-0.4, -0.2) is 55.7 Å². The second-order valence-corrected chi connectivity index (χ2v) is 7.37. The summed E-state index contributed by atoms with van der Waals surface area (Å²) in [6, 6.07) is 6.23. The molecule has 1 heterocycles. The average Bonchev–Trinajstić information content (AvgIpc) is 2.55. The molecule has 7 heteroatoms. The van der Waals surface area contributed by atoms with Crippen molar-refractivity contribution in [3.63, 3.8) is 0 Å². The molecule has 0 bridgehead atoms. The monoisotopic (exact) mass is 444 g/mol. The molecule has 0 spiro atoms. The van der Waals surface area contributed by atoms with Crippen LogP contribution in [0.4, 0.5) is 5.69 Å². The van der Waals surface area contributed by atoms with Gasteiger partial charge in [0.1, 0.15) is 0 Å². The minimum Gasteiger partial charge on any atom is -0.398 e. The van der Waals surface area contributed by atoms with Crippen LogP contribution >= 0.6 is 31.9 Å². The van der Waals surface area contributed by atoms with Gasteiger partial charge in [-0.2, -0.15) is 5.26 Å². The summed E-state index contributed by atoms with van der Waals surface area (Å²) in [6.07, 6.45) is 0.526. The van der Waals surface area contributed by atoms with Crippen LogP contribution in [0, 0.1) is 11.3 Å². The number of hydrogen-bond donors (Lipinski definition) is 1. The number of benzene rings is 1. The van der Waals surface area contributed by atoms with Crippen LogP contribution in [0.15, 0.2) is 21.1 Å². The molecule has 0 amide bonds. The van der Waals surface area contributed by atoms with Gasteiger partial charge < -0.3 is 10.5 Å². The maximum atomic E-state index is 8.90. The fraction of sp³-hybridized carbons (Fsp3) is 0.562. The Balaban J connectivity index is 1.98. The van der Waals surface area contributed by atoms with E-state index in [1.165, 1.54) is 0 Å². The highest BCUT2D eigenvalue weighted by molar-refractivity contribution is 9.11. The second kappa shape index (κ2) is 9.60. The number of ether oxygens (including phenoxy) is 1. The Morgan fingerprint density at radius 3 is 2.70 bits per heavy atom. The lowest BCUT2D eigenvalue weighted by molar-refractivity contribution is 0.0330. The number of morpholine rings is 1. The second-order valence-electron chi connectivity index (χ2n) is 5.60. The molecule has 1 aliphatic heterocycles. The molecular formula is C16H22Br2N4O. The highest BCUT2D eigenvalue weighted by Crippen LogP contribution is 2.29. The maximum absolute atomic E-state index is 8.90.